The van der Waals surface area contributed by atoms with E-state index in [0.717, 1.165) is 58.9 Å². The summed E-state index contributed by atoms with van der Waals surface area (Å²) < 4.78 is 12.6. The Hall–Kier alpha value is -4.78. The molecule has 2 aliphatic rings. The quantitative estimate of drug-likeness (QED) is 0.203. The van der Waals surface area contributed by atoms with Gasteiger partial charge in [0.1, 0.15) is 17.1 Å². The fourth-order valence-electron chi connectivity index (χ4n) is 6.23. The van der Waals surface area contributed by atoms with E-state index in [0.29, 0.717) is 41.3 Å². The Kier molecular flexibility index (Phi) is 8.55. The van der Waals surface area contributed by atoms with E-state index in [1.165, 1.54) is 25.7 Å². The summed E-state index contributed by atoms with van der Waals surface area (Å²) in [5.74, 6) is 2.29. The van der Waals surface area contributed by atoms with E-state index in [1.54, 1.807) is 32.7 Å². The van der Waals surface area contributed by atoms with E-state index in [4.69, 9.17) is 20.9 Å². The first-order valence-electron chi connectivity index (χ1n) is 15.0. The monoisotopic (exact) mass is 598 g/mol. The number of aromatic nitrogens is 7. The Balaban J connectivity index is 0.000000156. The lowest BCUT2D eigenvalue weighted by Crippen LogP contribution is -2.17. The lowest BCUT2D eigenvalue weighted by Gasteiger charge is -2.17. The maximum absolute atomic E-state index is 9.63. The number of aliphatic hydroxyl groups is 1. The van der Waals surface area contributed by atoms with Crippen LogP contribution in [0.15, 0.2) is 36.7 Å². The first-order valence-corrected chi connectivity index (χ1v) is 15.0. The summed E-state index contributed by atoms with van der Waals surface area (Å²) in [6, 6.07) is 8.33. The first kappa shape index (κ1) is 29.3. The highest BCUT2D eigenvalue weighted by molar-refractivity contribution is 6.05. The summed E-state index contributed by atoms with van der Waals surface area (Å²) >= 11 is 0. The molecule has 44 heavy (non-hydrogen) atoms. The van der Waals surface area contributed by atoms with Gasteiger partial charge < -0.3 is 35.9 Å². The third-order valence-electron chi connectivity index (χ3n) is 8.38. The molecule has 5 aromatic rings. The van der Waals surface area contributed by atoms with Crippen molar-refractivity contribution in [3.05, 3.63) is 42.4 Å². The van der Waals surface area contributed by atoms with Crippen LogP contribution < -0.4 is 26.3 Å². The molecular formula is C31H38N10O3. The fourth-order valence-corrected chi connectivity index (χ4v) is 6.23. The van der Waals surface area contributed by atoms with Gasteiger partial charge >= 0.3 is 0 Å². The van der Waals surface area contributed by atoms with Gasteiger partial charge in [-0.1, -0.05) is 25.7 Å². The number of ether oxygens (including phenoxy) is 2. The molecule has 7 rings (SSSR count). The van der Waals surface area contributed by atoms with Crippen molar-refractivity contribution in [2.45, 2.75) is 70.1 Å². The number of rotatable bonds is 7. The van der Waals surface area contributed by atoms with Crippen LogP contribution in [-0.4, -0.2) is 59.8 Å². The van der Waals surface area contributed by atoms with Crippen LogP contribution in [0, 0.1) is 0 Å². The van der Waals surface area contributed by atoms with Gasteiger partial charge in [0.15, 0.2) is 0 Å². The van der Waals surface area contributed by atoms with Crippen LogP contribution in [0.3, 0.4) is 0 Å². The Morgan fingerprint density at radius 3 is 2.14 bits per heavy atom. The van der Waals surface area contributed by atoms with E-state index >= 15 is 0 Å². The lowest BCUT2D eigenvalue weighted by atomic mass is 10.1. The highest BCUT2D eigenvalue weighted by Gasteiger charge is 2.24. The van der Waals surface area contributed by atoms with Crippen LogP contribution in [0.5, 0.6) is 11.8 Å². The van der Waals surface area contributed by atoms with Gasteiger partial charge in [0.05, 0.1) is 26.5 Å². The number of hydrogen-bond acceptors (Lipinski definition) is 12. The molecule has 5 aromatic heterocycles. The van der Waals surface area contributed by atoms with Crippen molar-refractivity contribution in [2.24, 2.45) is 0 Å². The summed E-state index contributed by atoms with van der Waals surface area (Å²) in [5, 5.41) is 15.1. The third-order valence-corrected chi connectivity index (χ3v) is 8.38. The van der Waals surface area contributed by atoms with Crippen LogP contribution in [-0.2, 0) is 6.61 Å². The first-order chi connectivity index (χ1) is 21.5. The minimum atomic E-state index is -0.195. The second-order valence-corrected chi connectivity index (χ2v) is 11.1. The summed E-state index contributed by atoms with van der Waals surface area (Å²) in [7, 11) is 3.18. The van der Waals surface area contributed by atoms with Gasteiger partial charge in [0.2, 0.25) is 23.7 Å². The molecule has 0 unspecified atom stereocenters. The van der Waals surface area contributed by atoms with Gasteiger partial charge in [-0.3, -0.25) is 0 Å². The van der Waals surface area contributed by atoms with Crippen molar-refractivity contribution >= 4 is 39.8 Å². The topological polar surface area (TPSA) is 185 Å². The molecule has 230 valence electrons. The Morgan fingerprint density at radius 2 is 1.41 bits per heavy atom. The standard InChI is InChI=1S/C16H21N5O2.C15H17N5O/c1-23-14-7-6-11(13(9-22)20-14)12-8-18-16(17)21-15(12)19-10-4-2-3-5-10;1-21-12-7-6-10-11-8-17-15(16)19-14(11)20(13(10)18-12)9-4-2-3-5-9/h6-8,10,22H,2-5,9H2,1H3,(H3,17,18,19,21);6-9H,2-5H2,1H3,(H2,16,17,19). The van der Waals surface area contributed by atoms with Crippen molar-refractivity contribution < 1.29 is 14.6 Å². The van der Waals surface area contributed by atoms with Crippen molar-refractivity contribution in [3.8, 4) is 22.9 Å². The smallest absolute Gasteiger partial charge is 0.221 e. The van der Waals surface area contributed by atoms with Gasteiger partial charge in [-0.25, -0.2) is 15.0 Å². The van der Waals surface area contributed by atoms with E-state index in [1.807, 2.05) is 18.2 Å². The molecule has 0 radical (unpaired) electrons. The van der Waals surface area contributed by atoms with E-state index in [-0.39, 0.29) is 12.6 Å². The molecule has 0 bridgehead atoms. The maximum atomic E-state index is 9.63. The van der Waals surface area contributed by atoms with Crippen LogP contribution in [0.1, 0.15) is 63.1 Å². The molecule has 5 heterocycles. The summed E-state index contributed by atoms with van der Waals surface area (Å²) in [6.07, 6.45) is 12.9. The Bertz CT molecular complexity index is 1760. The maximum Gasteiger partial charge on any atom is 0.221 e. The molecule has 0 aliphatic heterocycles. The molecule has 0 spiro atoms. The number of nitrogens with one attached hydrogen (secondary N) is 1. The number of aliphatic hydroxyl groups excluding tert-OH is 1. The highest BCUT2D eigenvalue weighted by Crippen LogP contribution is 2.38. The Labute approximate surface area is 255 Å². The largest absolute Gasteiger partial charge is 0.481 e. The Morgan fingerprint density at radius 1 is 0.773 bits per heavy atom. The molecule has 0 amide bonds. The average Bonchev–Trinajstić information content (AvgIpc) is 3.82. The zero-order valence-electron chi connectivity index (χ0n) is 25.0. The summed E-state index contributed by atoms with van der Waals surface area (Å²) in [5.41, 5.74) is 15.4. The van der Waals surface area contributed by atoms with E-state index in [2.05, 4.69) is 39.8 Å². The molecule has 0 atom stereocenters. The SMILES string of the molecule is COc1ccc(-c2cnc(N)nc2NC2CCCC2)c(CO)n1.COc1ccc2c3cnc(N)nc3n(C3CCCC3)c2n1. The number of anilines is 3. The molecule has 6 N–H and O–H groups in total. The number of hydrogen-bond donors (Lipinski definition) is 4. The zero-order valence-corrected chi connectivity index (χ0v) is 25.0. The molecule has 0 saturated heterocycles. The van der Waals surface area contributed by atoms with Crippen molar-refractivity contribution in [1.82, 2.24) is 34.5 Å². The number of nitrogens with zero attached hydrogens (tertiary/aromatic N) is 7. The van der Waals surface area contributed by atoms with E-state index in [9.17, 15) is 5.11 Å². The predicted molar refractivity (Wildman–Crippen MR) is 169 cm³/mol. The van der Waals surface area contributed by atoms with Gasteiger partial charge in [-0.2, -0.15) is 15.0 Å². The highest BCUT2D eigenvalue weighted by atomic mass is 16.5. The second kappa shape index (κ2) is 12.8. The van der Waals surface area contributed by atoms with Crippen molar-refractivity contribution in [3.63, 3.8) is 0 Å². The van der Waals surface area contributed by atoms with Gasteiger partial charge in [0.25, 0.3) is 0 Å². The van der Waals surface area contributed by atoms with Crippen molar-refractivity contribution in [1.29, 1.82) is 0 Å². The van der Waals surface area contributed by atoms with Crippen LogP contribution in [0.25, 0.3) is 33.2 Å². The minimum Gasteiger partial charge on any atom is -0.481 e. The summed E-state index contributed by atoms with van der Waals surface area (Å²) in [6.45, 7) is -0.195. The lowest BCUT2D eigenvalue weighted by molar-refractivity contribution is 0.275. The van der Waals surface area contributed by atoms with Crippen LogP contribution in [0.4, 0.5) is 17.7 Å². The van der Waals surface area contributed by atoms with Crippen molar-refractivity contribution in [2.75, 3.05) is 31.0 Å². The van der Waals surface area contributed by atoms with Gasteiger partial charge in [-0.05, 0) is 37.8 Å². The molecule has 13 heteroatoms. The molecule has 0 aromatic carbocycles. The molecular weight excluding hydrogens is 560 g/mol. The number of methoxy groups -OCH3 is 2. The molecule has 13 nitrogen and oxygen atoms in total. The molecule has 2 aliphatic carbocycles. The van der Waals surface area contributed by atoms with Crippen LogP contribution >= 0.6 is 0 Å². The predicted octanol–water partition coefficient (Wildman–Crippen LogP) is 4.66. The number of nitrogens with two attached hydrogens (primary N) is 2. The third kappa shape index (κ3) is 5.87. The molecule has 2 fully saturated rings. The van der Waals surface area contributed by atoms with E-state index < -0.39 is 0 Å². The van der Waals surface area contributed by atoms with Gasteiger partial charge in [0, 0.05) is 58.5 Å². The molecule has 2 saturated carbocycles. The number of nitrogen functional groups attached to an aromatic ring is 2. The normalized spacial score (nSPS) is 15.4. The summed E-state index contributed by atoms with van der Waals surface area (Å²) in [4.78, 5) is 26.0. The fraction of sp³-hybridized carbons (Fsp3) is 0.419. The zero-order chi connectivity index (χ0) is 30.6. The van der Waals surface area contributed by atoms with Gasteiger partial charge in [-0.15, -0.1) is 0 Å². The minimum absolute atomic E-state index is 0.195. The average molecular weight is 599 g/mol. The second-order valence-electron chi connectivity index (χ2n) is 11.1. The number of fused-ring (bicyclic) bond motifs is 3. The number of pyridine rings is 2. The van der Waals surface area contributed by atoms with Crippen LogP contribution in [0.2, 0.25) is 0 Å².